The van der Waals surface area contributed by atoms with E-state index < -0.39 is 23.8 Å². The van der Waals surface area contributed by atoms with Crippen molar-refractivity contribution in [1.29, 1.82) is 5.26 Å². The van der Waals surface area contributed by atoms with Crippen LogP contribution in [0.25, 0.3) is 0 Å². The molecule has 4 nitrogen and oxygen atoms in total. The molecule has 6 heteroatoms. The van der Waals surface area contributed by atoms with Gasteiger partial charge in [0.05, 0.1) is 11.6 Å². The molecule has 0 unspecified atom stereocenters. The van der Waals surface area contributed by atoms with Gasteiger partial charge in [-0.15, -0.1) is 0 Å². The lowest BCUT2D eigenvalue weighted by Crippen LogP contribution is -2.48. The van der Waals surface area contributed by atoms with Gasteiger partial charge in [-0.2, -0.15) is 5.26 Å². The largest absolute Gasteiger partial charge is 0.487 e. The van der Waals surface area contributed by atoms with Gasteiger partial charge in [0, 0.05) is 37.8 Å². The van der Waals surface area contributed by atoms with Crippen molar-refractivity contribution in [1.82, 2.24) is 4.90 Å². The van der Waals surface area contributed by atoms with Crippen LogP contribution in [0.4, 0.5) is 8.78 Å². The number of β-amino-alcohol motifs (C(OH)–C–C–N with tert-alkyl or cyclic N) is 1. The highest BCUT2D eigenvalue weighted by Crippen LogP contribution is 2.23. The van der Waals surface area contributed by atoms with Crippen LogP contribution in [0.3, 0.4) is 0 Å². The van der Waals surface area contributed by atoms with Gasteiger partial charge in [-0.05, 0) is 18.1 Å². The molecule has 1 N–H and O–H groups in total. The molecule has 0 bridgehead atoms. The van der Waals surface area contributed by atoms with Crippen molar-refractivity contribution in [3.8, 4) is 11.8 Å². The molecule has 0 saturated carbocycles. The van der Waals surface area contributed by atoms with Gasteiger partial charge in [-0.25, -0.2) is 8.78 Å². The van der Waals surface area contributed by atoms with Crippen LogP contribution >= 0.6 is 0 Å². The summed E-state index contributed by atoms with van der Waals surface area (Å²) in [5.41, 5.74) is 1.52. The molecule has 1 aliphatic heterocycles. The molecule has 2 aromatic rings. The topological polar surface area (TPSA) is 56.5 Å². The molecule has 2 aromatic carbocycles. The van der Waals surface area contributed by atoms with E-state index in [0.29, 0.717) is 31.6 Å². The molecule has 0 spiro atoms. The number of likely N-dealkylation sites (tertiary alicyclic amines) is 1. The highest BCUT2D eigenvalue weighted by molar-refractivity contribution is 5.37. The molecular weight excluding hydrogens is 326 g/mol. The maximum atomic E-state index is 13.2. The lowest BCUT2D eigenvalue weighted by atomic mass is 10.0. The minimum Gasteiger partial charge on any atom is -0.487 e. The summed E-state index contributed by atoms with van der Waals surface area (Å²) in [5, 5.41) is 19.5. The first-order valence-corrected chi connectivity index (χ1v) is 8.06. The van der Waals surface area contributed by atoms with E-state index in [1.54, 1.807) is 6.07 Å². The number of nitriles is 1. The number of aliphatic hydroxyl groups excluding tert-OH is 1. The minimum atomic E-state index is -0.783. The Morgan fingerprint density at radius 1 is 1.20 bits per heavy atom. The third kappa shape index (κ3) is 4.32. The van der Waals surface area contributed by atoms with Crippen LogP contribution in [0, 0.1) is 23.0 Å². The number of piperidine rings is 1. The SMILES string of the molecule is N#Cc1ccccc1CN1CC[C@@H](Oc2cc(F)cc(F)c2)[C@H](O)C1. The standard InChI is InChI=1S/C19H18F2N2O2/c20-15-7-16(21)9-17(8-15)25-19-5-6-23(12-18(19)24)11-14-4-2-1-3-13(14)10-22/h1-4,7-9,18-19,24H,5-6,11-12H2/t18-,19-/m1/s1. The van der Waals surface area contributed by atoms with Gasteiger partial charge in [0.1, 0.15) is 29.6 Å². The molecule has 1 aliphatic rings. The third-order valence-electron chi connectivity index (χ3n) is 4.26. The zero-order valence-electron chi connectivity index (χ0n) is 13.5. The fourth-order valence-electron chi connectivity index (χ4n) is 3.04. The van der Waals surface area contributed by atoms with Crippen LogP contribution in [-0.2, 0) is 6.54 Å². The van der Waals surface area contributed by atoms with E-state index in [-0.39, 0.29) is 5.75 Å². The van der Waals surface area contributed by atoms with Crippen molar-refractivity contribution in [2.24, 2.45) is 0 Å². The summed E-state index contributed by atoms with van der Waals surface area (Å²) in [6.07, 6.45) is -0.786. The fourth-order valence-corrected chi connectivity index (χ4v) is 3.04. The first-order chi connectivity index (χ1) is 12.0. The molecule has 0 amide bonds. The maximum absolute atomic E-state index is 13.2. The molecule has 0 aromatic heterocycles. The van der Waals surface area contributed by atoms with Gasteiger partial charge in [0.2, 0.25) is 0 Å². The van der Waals surface area contributed by atoms with E-state index in [9.17, 15) is 13.9 Å². The average Bonchev–Trinajstić information content (AvgIpc) is 2.57. The summed E-state index contributed by atoms with van der Waals surface area (Å²) in [7, 11) is 0. The van der Waals surface area contributed by atoms with Gasteiger partial charge in [-0.3, -0.25) is 4.90 Å². The van der Waals surface area contributed by atoms with Crippen molar-refractivity contribution < 1.29 is 18.6 Å². The van der Waals surface area contributed by atoms with Crippen molar-refractivity contribution in [2.75, 3.05) is 13.1 Å². The van der Waals surface area contributed by atoms with E-state index >= 15 is 0 Å². The van der Waals surface area contributed by atoms with Gasteiger partial charge in [0.15, 0.2) is 0 Å². The quantitative estimate of drug-likeness (QED) is 0.927. The molecule has 25 heavy (non-hydrogen) atoms. The summed E-state index contributed by atoms with van der Waals surface area (Å²) in [6, 6.07) is 12.5. The maximum Gasteiger partial charge on any atom is 0.129 e. The Bertz CT molecular complexity index is 771. The minimum absolute atomic E-state index is 0.0739. The van der Waals surface area contributed by atoms with E-state index in [0.717, 1.165) is 23.8 Å². The number of nitrogens with zero attached hydrogens (tertiary/aromatic N) is 2. The van der Waals surface area contributed by atoms with Crippen LogP contribution < -0.4 is 4.74 Å². The van der Waals surface area contributed by atoms with Crippen LogP contribution in [-0.4, -0.2) is 35.3 Å². The van der Waals surface area contributed by atoms with Crippen molar-refractivity contribution >= 4 is 0 Å². The summed E-state index contributed by atoms with van der Waals surface area (Å²) >= 11 is 0. The second-order valence-corrected chi connectivity index (χ2v) is 6.12. The molecule has 1 heterocycles. The van der Waals surface area contributed by atoms with Gasteiger partial charge < -0.3 is 9.84 Å². The summed E-state index contributed by atoms with van der Waals surface area (Å²) in [6.45, 7) is 1.57. The van der Waals surface area contributed by atoms with Crippen molar-refractivity contribution in [2.45, 2.75) is 25.2 Å². The second-order valence-electron chi connectivity index (χ2n) is 6.12. The highest BCUT2D eigenvalue weighted by atomic mass is 19.1. The Morgan fingerprint density at radius 3 is 2.60 bits per heavy atom. The van der Waals surface area contributed by atoms with E-state index in [2.05, 4.69) is 6.07 Å². The zero-order chi connectivity index (χ0) is 17.8. The number of ether oxygens (including phenoxy) is 1. The van der Waals surface area contributed by atoms with Crippen LogP contribution in [0.2, 0.25) is 0 Å². The summed E-state index contributed by atoms with van der Waals surface area (Å²) < 4.78 is 32.0. The van der Waals surface area contributed by atoms with Crippen LogP contribution in [0.1, 0.15) is 17.5 Å². The Hall–Kier alpha value is -2.49. The number of rotatable bonds is 4. The van der Waals surface area contributed by atoms with Crippen LogP contribution in [0.5, 0.6) is 5.75 Å². The van der Waals surface area contributed by atoms with Crippen LogP contribution in [0.15, 0.2) is 42.5 Å². The van der Waals surface area contributed by atoms with Gasteiger partial charge >= 0.3 is 0 Å². The zero-order valence-corrected chi connectivity index (χ0v) is 13.5. The average molecular weight is 344 g/mol. The van der Waals surface area contributed by atoms with E-state index in [1.807, 2.05) is 23.1 Å². The number of hydrogen-bond acceptors (Lipinski definition) is 4. The predicted octanol–water partition coefficient (Wildman–Crippen LogP) is 2.85. The highest BCUT2D eigenvalue weighted by Gasteiger charge is 2.29. The Balaban J connectivity index is 1.62. The molecule has 130 valence electrons. The molecule has 2 atom stereocenters. The molecule has 3 rings (SSSR count). The molecule has 1 saturated heterocycles. The predicted molar refractivity (Wildman–Crippen MR) is 87.8 cm³/mol. The van der Waals surface area contributed by atoms with Crippen molar-refractivity contribution in [3.63, 3.8) is 0 Å². The summed E-state index contributed by atoms with van der Waals surface area (Å²) in [5.74, 6) is -1.35. The summed E-state index contributed by atoms with van der Waals surface area (Å²) in [4.78, 5) is 2.03. The van der Waals surface area contributed by atoms with Gasteiger partial charge in [-0.1, -0.05) is 18.2 Å². The fraction of sp³-hybridized carbons (Fsp3) is 0.316. The van der Waals surface area contributed by atoms with Gasteiger partial charge in [0.25, 0.3) is 0 Å². The monoisotopic (exact) mass is 344 g/mol. The van der Waals surface area contributed by atoms with E-state index in [4.69, 9.17) is 10.00 Å². The number of halogens is 2. The Morgan fingerprint density at radius 2 is 1.92 bits per heavy atom. The van der Waals surface area contributed by atoms with Crippen molar-refractivity contribution in [3.05, 3.63) is 65.2 Å². The first kappa shape index (κ1) is 17.3. The molecule has 1 fully saturated rings. The third-order valence-corrected chi connectivity index (χ3v) is 4.26. The number of benzene rings is 2. The van der Waals surface area contributed by atoms with E-state index in [1.165, 1.54) is 0 Å². The lowest BCUT2D eigenvalue weighted by Gasteiger charge is -2.36. The first-order valence-electron chi connectivity index (χ1n) is 8.06. The molecular formula is C19H18F2N2O2. The normalized spacial score (nSPS) is 20.9. The number of aliphatic hydroxyl groups is 1. The smallest absolute Gasteiger partial charge is 0.129 e. The number of hydrogen-bond donors (Lipinski definition) is 1. The Labute approximate surface area is 144 Å². The Kier molecular flexibility index (Phi) is 5.27. The lowest BCUT2D eigenvalue weighted by molar-refractivity contribution is -0.0277. The molecule has 0 radical (unpaired) electrons. The second kappa shape index (κ2) is 7.60. The molecule has 0 aliphatic carbocycles.